The van der Waals surface area contributed by atoms with Crippen molar-refractivity contribution in [2.24, 2.45) is 0 Å². The molecule has 8 heteroatoms. The third-order valence-electron chi connectivity index (χ3n) is 5.80. The minimum atomic E-state index is 0. The molecule has 0 spiro atoms. The molecule has 2 aromatic heterocycles. The number of likely N-dealkylation sites (tertiary alicyclic amines) is 1. The molecular formula is C25H28ClN5O2. The Morgan fingerprint density at radius 3 is 2.79 bits per heavy atom. The smallest absolute Gasteiger partial charge is 0.163 e. The number of H-pyrrole nitrogens is 1. The first-order valence-corrected chi connectivity index (χ1v) is 11.0. The molecule has 5 rings (SSSR count). The van der Waals surface area contributed by atoms with Crippen LogP contribution in [0.5, 0.6) is 11.5 Å². The number of hydrogen-bond acceptors (Lipinski definition) is 6. The van der Waals surface area contributed by atoms with Crippen molar-refractivity contribution in [3.8, 4) is 11.5 Å². The lowest BCUT2D eigenvalue weighted by Gasteiger charge is -2.13. The van der Waals surface area contributed by atoms with Gasteiger partial charge in [-0.25, -0.2) is 9.97 Å². The van der Waals surface area contributed by atoms with Gasteiger partial charge in [-0.2, -0.15) is 0 Å². The van der Waals surface area contributed by atoms with E-state index in [9.17, 15) is 0 Å². The molecule has 0 atom stereocenters. The fraction of sp³-hybridized carbons (Fsp3) is 0.280. The van der Waals surface area contributed by atoms with Gasteiger partial charge in [-0.15, -0.1) is 12.4 Å². The average Bonchev–Trinajstić information content (AvgIpc) is 3.50. The van der Waals surface area contributed by atoms with E-state index in [4.69, 9.17) is 9.47 Å². The summed E-state index contributed by atoms with van der Waals surface area (Å²) in [4.78, 5) is 14.6. The molecule has 2 N–H and O–H groups in total. The Kier molecular flexibility index (Phi) is 7.32. The van der Waals surface area contributed by atoms with Gasteiger partial charge in [-0.05, 0) is 55.6 Å². The van der Waals surface area contributed by atoms with Gasteiger partial charge in [-0.3, -0.25) is 4.90 Å². The number of aromatic nitrogens is 3. The molecule has 172 valence electrons. The third kappa shape index (κ3) is 5.21. The normalized spacial score (nSPS) is 14.1. The van der Waals surface area contributed by atoms with Crippen LogP contribution in [-0.2, 0) is 0 Å². The number of halogens is 1. The molecular weight excluding hydrogens is 438 g/mol. The van der Waals surface area contributed by atoms with Gasteiger partial charge in [0.2, 0.25) is 0 Å². The minimum absolute atomic E-state index is 0. The quantitative estimate of drug-likeness (QED) is 0.343. The average molecular weight is 466 g/mol. The summed E-state index contributed by atoms with van der Waals surface area (Å²) in [5, 5.41) is 5.44. The first-order valence-electron chi connectivity index (χ1n) is 11.0. The Morgan fingerprint density at radius 1 is 1.06 bits per heavy atom. The maximum absolute atomic E-state index is 5.98. The Bertz CT molecular complexity index is 1250. The SMILES string of the molecule is COc1cc2c(Nc3ccc4cc[nH]c4c3)ncnc2cc1OCC=CCN1CCCC1.Cl. The summed E-state index contributed by atoms with van der Waals surface area (Å²) in [6.45, 7) is 3.86. The summed E-state index contributed by atoms with van der Waals surface area (Å²) >= 11 is 0. The number of benzene rings is 2. The van der Waals surface area contributed by atoms with E-state index >= 15 is 0 Å². The molecule has 0 saturated carbocycles. The Hall–Kier alpha value is -3.29. The largest absolute Gasteiger partial charge is 0.493 e. The Labute approximate surface area is 199 Å². The Morgan fingerprint density at radius 2 is 1.94 bits per heavy atom. The third-order valence-corrected chi connectivity index (χ3v) is 5.80. The van der Waals surface area contributed by atoms with E-state index in [1.807, 2.05) is 30.5 Å². The molecule has 1 aliphatic heterocycles. The molecule has 1 fully saturated rings. The van der Waals surface area contributed by atoms with E-state index in [2.05, 4.69) is 49.5 Å². The first kappa shape index (κ1) is 22.9. The van der Waals surface area contributed by atoms with Crippen LogP contribution >= 0.6 is 12.4 Å². The van der Waals surface area contributed by atoms with Crippen LogP contribution in [0.3, 0.4) is 0 Å². The minimum Gasteiger partial charge on any atom is -0.493 e. The summed E-state index contributed by atoms with van der Waals surface area (Å²) in [7, 11) is 1.65. The van der Waals surface area contributed by atoms with E-state index in [0.717, 1.165) is 34.5 Å². The first-order chi connectivity index (χ1) is 15.8. The molecule has 1 aliphatic rings. The maximum atomic E-state index is 5.98. The van der Waals surface area contributed by atoms with Gasteiger partial charge in [0.15, 0.2) is 11.5 Å². The highest BCUT2D eigenvalue weighted by Gasteiger charge is 2.12. The van der Waals surface area contributed by atoms with Crippen molar-refractivity contribution in [1.82, 2.24) is 19.9 Å². The number of hydrogen-bond donors (Lipinski definition) is 2. The van der Waals surface area contributed by atoms with E-state index in [1.54, 1.807) is 13.4 Å². The van der Waals surface area contributed by atoms with E-state index in [-0.39, 0.29) is 12.4 Å². The monoisotopic (exact) mass is 465 g/mol. The molecule has 2 aromatic carbocycles. The lowest BCUT2D eigenvalue weighted by molar-refractivity contribution is 0.325. The summed E-state index contributed by atoms with van der Waals surface area (Å²) in [6, 6.07) is 12.0. The molecule has 1 saturated heterocycles. The topological polar surface area (TPSA) is 75.3 Å². The van der Waals surface area contributed by atoms with Crippen molar-refractivity contribution in [3.63, 3.8) is 0 Å². The number of nitrogens with one attached hydrogen (secondary N) is 2. The highest BCUT2D eigenvalue weighted by molar-refractivity contribution is 5.94. The fourth-order valence-corrected chi connectivity index (χ4v) is 4.09. The van der Waals surface area contributed by atoms with Gasteiger partial charge >= 0.3 is 0 Å². The van der Waals surface area contributed by atoms with Crippen LogP contribution in [0.25, 0.3) is 21.8 Å². The van der Waals surface area contributed by atoms with Gasteiger partial charge in [0.1, 0.15) is 18.8 Å². The van der Waals surface area contributed by atoms with Crippen molar-refractivity contribution >= 4 is 45.7 Å². The van der Waals surface area contributed by atoms with Crippen LogP contribution in [0.4, 0.5) is 11.5 Å². The van der Waals surface area contributed by atoms with Crippen LogP contribution < -0.4 is 14.8 Å². The summed E-state index contributed by atoms with van der Waals surface area (Å²) in [6.07, 6.45) is 10.3. The molecule has 0 bridgehead atoms. The molecule has 33 heavy (non-hydrogen) atoms. The standard InChI is InChI=1S/C25H27N5O2.ClH/c1-31-23-15-20-22(16-24(23)32-13-5-4-12-30-10-2-3-11-30)27-17-28-25(20)29-19-7-6-18-8-9-26-21(18)14-19;/h4-9,14-17,26H,2-3,10-13H2,1H3,(H,27,28,29);1H. The molecule has 3 heterocycles. The summed E-state index contributed by atoms with van der Waals surface area (Å²) < 4.78 is 11.6. The Balaban J connectivity index is 0.00000259. The predicted octanol–water partition coefficient (Wildman–Crippen LogP) is 5.32. The number of nitrogens with zero attached hydrogens (tertiary/aromatic N) is 3. The number of methoxy groups -OCH3 is 1. The van der Waals surface area contributed by atoms with Gasteiger partial charge in [0.25, 0.3) is 0 Å². The maximum Gasteiger partial charge on any atom is 0.163 e. The molecule has 0 unspecified atom stereocenters. The number of ether oxygens (including phenoxy) is 2. The molecule has 7 nitrogen and oxygen atoms in total. The molecule has 0 aliphatic carbocycles. The summed E-state index contributed by atoms with van der Waals surface area (Å²) in [5.41, 5.74) is 2.81. The highest BCUT2D eigenvalue weighted by Crippen LogP contribution is 2.35. The van der Waals surface area contributed by atoms with E-state index < -0.39 is 0 Å². The molecule has 0 amide bonds. The number of fused-ring (bicyclic) bond motifs is 2. The van der Waals surface area contributed by atoms with Crippen LogP contribution in [0.15, 0.2) is 61.1 Å². The highest BCUT2D eigenvalue weighted by atomic mass is 35.5. The fourth-order valence-electron chi connectivity index (χ4n) is 4.09. The van der Waals surface area contributed by atoms with Gasteiger partial charge in [0.05, 0.1) is 12.6 Å². The van der Waals surface area contributed by atoms with Crippen molar-refractivity contribution < 1.29 is 9.47 Å². The van der Waals surface area contributed by atoms with Gasteiger partial charge in [0, 0.05) is 35.4 Å². The van der Waals surface area contributed by atoms with Gasteiger partial charge < -0.3 is 19.8 Å². The zero-order valence-electron chi connectivity index (χ0n) is 18.6. The van der Waals surface area contributed by atoms with Crippen LogP contribution in [0.1, 0.15) is 12.8 Å². The zero-order chi connectivity index (χ0) is 21.8. The zero-order valence-corrected chi connectivity index (χ0v) is 19.4. The lowest BCUT2D eigenvalue weighted by Crippen LogP contribution is -2.18. The van der Waals surface area contributed by atoms with Crippen LogP contribution in [0, 0.1) is 0 Å². The number of anilines is 2. The van der Waals surface area contributed by atoms with E-state index in [1.165, 1.54) is 31.3 Å². The molecule has 4 aromatic rings. The van der Waals surface area contributed by atoms with E-state index in [0.29, 0.717) is 18.1 Å². The predicted molar refractivity (Wildman–Crippen MR) is 135 cm³/mol. The second kappa shape index (κ2) is 10.6. The second-order valence-corrected chi connectivity index (χ2v) is 7.94. The number of rotatable bonds is 8. The van der Waals surface area contributed by atoms with Crippen LogP contribution in [-0.4, -0.2) is 53.2 Å². The van der Waals surface area contributed by atoms with Crippen molar-refractivity contribution in [3.05, 3.63) is 61.1 Å². The molecule has 0 radical (unpaired) electrons. The second-order valence-electron chi connectivity index (χ2n) is 7.94. The van der Waals surface area contributed by atoms with Crippen molar-refractivity contribution in [1.29, 1.82) is 0 Å². The van der Waals surface area contributed by atoms with Crippen molar-refractivity contribution in [2.45, 2.75) is 12.8 Å². The van der Waals surface area contributed by atoms with Crippen LogP contribution in [0.2, 0.25) is 0 Å². The summed E-state index contributed by atoms with van der Waals surface area (Å²) in [5.74, 6) is 2.04. The lowest BCUT2D eigenvalue weighted by atomic mass is 10.2. The number of aromatic amines is 1. The van der Waals surface area contributed by atoms with Gasteiger partial charge in [-0.1, -0.05) is 18.2 Å². The van der Waals surface area contributed by atoms with Crippen molar-refractivity contribution in [2.75, 3.05) is 38.7 Å².